The molecule has 0 aliphatic carbocycles. The second-order valence-corrected chi connectivity index (χ2v) is 9.56. The lowest BCUT2D eigenvalue weighted by molar-refractivity contribution is 0.0670. The van der Waals surface area contributed by atoms with Gasteiger partial charge in [0.25, 0.3) is 11.8 Å². The minimum atomic E-state index is -0.582. The fourth-order valence-corrected chi connectivity index (χ4v) is 4.97. The number of rotatable bonds is 4. The number of aryl methyl sites for hydroxylation is 1. The molecule has 2 aliphatic heterocycles. The number of guanidine groups is 1. The zero-order chi connectivity index (χ0) is 25.4. The number of nitrogen functional groups attached to an aromatic ring is 2. The molecule has 1 saturated heterocycles. The quantitative estimate of drug-likeness (QED) is 0.419. The van der Waals surface area contributed by atoms with Crippen molar-refractivity contribution < 1.29 is 9.59 Å². The second kappa shape index (κ2) is 9.30. The van der Waals surface area contributed by atoms with Crippen LogP contribution in [-0.4, -0.2) is 62.4 Å². The molecule has 12 heteroatoms. The lowest BCUT2D eigenvalue weighted by atomic mass is 9.88. The number of hydrogen-bond acceptors (Lipinski definition) is 8. The van der Waals surface area contributed by atoms with Gasteiger partial charge in [-0.15, -0.1) is 0 Å². The molecule has 0 atom stereocenters. The summed E-state index contributed by atoms with van der Waals surface area (Å²) >= 11 is 5.88. The van der Waals surface area contributed by atoms with E-state index in [1.54, 1.807) is 0 Å². The number of anilines is 2. The summed E-state index contributed by atoms with van der Waals surface area (Å²) in [7, 11) is 0. The second-order valence-electron chi connectivity index (χ2n) is 9.20. The number of amides is 2. The van der Waals surface area contributed by atoms with E-state index < -0.39 is 5.91 Å². The molecule has 0 saturated carbocycles. The average Bonchev–Trinajstić information content (AvgIpc) is 3.45. The molecular weight excluding hydrogens is 482 g/mol. The third-order valence-electron chi connectivity index (χ3n) is 6.79. The Morgan fingerprint density at radius 3 is 2.69 bits per heavy atom. The molecule has 0 unspecified atom stereocenters. The van der Waals surface area contributed by atoms with Crippen molar-refractivity contribution in [3.63, 3.8) is 0 Å². The molecule has 2 aromatic heterocycles. The normalized spacial score (nSPS) is 16.7. The van der Waals surface area contributed by atoms with Crippen LogP contribution < -0.4 is 22.1 Å². The summed E-state index contributed by atoms with van der Waals surface area (Å²) in [5.74, 6) is -0.380. The van der Waals surface area contributed by atoms with Gasteiger partial charge < -0.3 is 26.3 Å². The summed E-state index contributed by atoms with van der Waals surface area (Å²) < 4.78 is 2.18. The van der Waals surface area contributed by atoms with Crippen LogP contribution in [0.5, 0.6) is 0 Å². The van der Waals surface area contributed by atoms with Gasteiger partial charge in [0.2, 0.25) is 0 Å². The maximum absolute atomic E-state index is 13.4. The van der Waals surface area contributed by atoms with Gasteiger partial charge in [-0.3, -0.25) is 19.9 Å². The molecule has 1 spiro atoms. The first-order valence-electron chi connectivity index (χ1n) is 11.9. The molecule has 11 nitrogen and oxygen atoms in total. The maximum Gasteiger partial charge on any atom is 0.280 e. The van der Waals surface area contributed by atoms with Crippen molar-refractivity contribution in [2.45, 2.75) is 38.3 Å². The van der Waals surface area contributed by atoms with Crippen LogP contribution in [-0.2, 0) is 6.54 Å². The van der Waals surface area contributed by atoms with Crippen molar-refractivity contribution in [2.24, 2.45) is 4.99 Å². The van der Waals surface area contributed by atoms with Crippen molar-refractivity contribution in [3.8, 4) is 0 Å². The van der Waals surface area contributed by atoms with Crippen molar-refractivity contribution in [1.82, 2.24) is 30.1 Å². The number of carbonyl (C=O) groups excluding carboxylic acids is 2. The van der Waals surface area contributed by atoms with Crippen LogP contribution in [0, 0.1) is 0 Å². The Morgan fingerprint density at radius 2 is 1.94 bits per heavy atom. The van der Waals surface area contributed by atoms with E-state index in [0.29, 0.717) is 38.4 Å². The number of benzene rings is 1. The van der Waals surface area contributed by atoms with E-state index in [1.807, 2.05) is 29.3 Å². The van der Waals surface area contributed by atoms with Crippen molar-refractivity contribution >= 4 is 51.9 Å². The zero-order valence-corrected chi connectivity index (χ0v) is 20.7. The van der Waals surface area contributed by atoms with Crippen molar-refractivity contribution in [3.05, 3.63) is 46.9 Å². The van der Waals surface area contributed by atoms with E-state index in [2.05, 4.69) is 43.2 Å². The highest BCUT2D eigenvalue weighted by Gasteiger charge is 2.40. The van der Waals surface area contributed by atoms with Crippen LogP contribution in [0.3, 0.4) is 0 Å². The summed E-state index contributed by atoms with van der Waals surface area (Å²) in [6.45, 7) is 4.71. The average molecular weight is 510 g/mol. The lowest BCUT2D eigenvalue weighted by Crippen LogP contribution is -2.57. The molecule has 1 aromatic carbocycles. The number of nitrogens with one attached hydrogen (secondary N) is 2. The number of piperidine rings is 1. The van der Waals surface area contributed by atoms with Crippen molar-refractivity contribution in [1.29, 1.82) is 0 Å². The molecule has 1 fully saturated rings. The first-order valence-corrected chi connectivity index (χ1v) is 12.3. The third kappa shape index (κ3) is 4.30. The molecule has 4 heterocycles. The molecule has 188 valence electrons. The number of carbonyl (C=O) groups is 2. The van der Waals surface area contributed by atoms with Crippen LogP contribution in [0.15, 0.2) is 35.5 Å². The van der Waals surface area contributed by atoms with Crippen molar-refractivity contribution in [2.75, 3.05) is 31.1 Å². The van der Waals surface area contributed by atoms with Crippen LogP contribution in [0.1, 0.15) is 47.0 Å². The molecule has 2 aliphatic rings. The molecule has 0 radical (unpaired) electrons. The minimum Gasteiger partial charge on any atom is -0.382 e. The number of aliphatic imine (C=N–C) groups is 1. The monoisotopic (exact) mass is 509 g/mol. The maximum atomic E-state index is 13.4. The first-order chi connectivity index (χ1) is 17.3. The van der Waals surface area contributed by atoms with Gasteiger partial charge >= 0.3 is 0 Å². The summed E-state index contributed by atoms with van der Waals surface area (Å²) in [6.07, 6.45) is 4.47. The van der Waals surface area contributed by atoms with E-state index in [9.17, 15) is 9.59 Å². The van der Waals surface area contributed by atoms with Gasteiger partial charge in [-0.05, 0) is 37.5 Å². The molecule has 3 aromatic rings. The predicted octanol–water partition coefficient (Wildman–Crippen LogP) is 2.02. The van der Waals surface area contributed by atoms with Crippen LogP contribution in [0.2, 0.25) is 5.15 Å². The lowest BCUT2D eigenvalue weighted by Gasteiger charge is -2.39. The number of likely N-dealkylation sites (tertiary alicyclic amines) is 1. The minimum absolute atomic E-state index is 0.0337. The fourth-order valence-electron chi connectivity index (χ4n) is 4.84. The fraction of sp³-hybridized carbons (Fsp3) is 0.375. The van der Waals surface area contributed by atoms with Gasteiger partial charge in [-0.2, -0.15) is 0 Å². The summed E-state index contributed by atoms with van der Waals surface area (Å²) in [5.41, 5.74) is 12.7. The van der Waals surface area contributed by atoms with Gasteiger partial charge in [0.15, 0.2) is 28.4 Å². The summed E-state index contributed by atoms with van der Waals surface area (Å²) in [4.78, 5) is 40.1. The molecule has 5 rings (SSSR count). The zero-order valence-electron chi connectivity index (χ0n) is 19.9. The van der Waals surface area contributed by atoms with Crippen LogP contribution in [0.25, 0.3) is 10.9 Å². The summed E-state index contributed by atoms with van der Waals surface area (Å²) in [5, 5.41) is 6.90. The van der Waals surface area contributed by atoms with E-state index >= 15 is 0 Å². The van der Waals surface area contributed by atoms with E-state index in [1.165, 1.54) is 0 Å². The Labute approximate surface area is 212 Å². The standard InChI is InChI=1S/C24H28ClN9O2/c1-2-9-33-10-6-14-15(4-3-5-16(14)33)22(36)34-11-7-24(8-12-34)13-28-23(32-24)31-21(35)17-19(26)30-20(27)18(25)29-17/h3-6,10H,2,7-9,11-13H2,1H3,(H4,26,27,30)(H2,28,31,32,35). The Hall–Kier alpha value is -3.86. The number of halogens is 1. The Balaban J connectivity index is 1.22. The number of fused-ring (bicyclic) bond motifs is 1. The highest BCUT2D eigenvalue weighted by Crippen LogP contribution is 2.29. The molecule has 2 amide bonds. The summed E-state index contributed by atoms with van der Waals surface area (Å²) in [6, 6.07) is 7.92. The smallest absolute Gasteiger partial charge is 0.280 e. The molecule has 6 N–H and O–H groups in total. The highest BCUT2D eigenvalue weighted by molar-refractivity contribution is 6.31. The third-order valence-corrected chi connectivity index (χ3v) is 7.07. The number of nitrogens with zero attached hydrogens (tertiary/aromatic N) is 5. The number of aromatic nitrogens is 3. The van der Waals surface area contributed by atoms with Crippen LogP contribution >= 0.6 is 11.6 Å². The van der Waals surface area contributed by atoms with Gasteiger partial charge in [0.05, 0.1) is 12.1 Å². The van der Waals surface area contributed by atoms with E-state index in [4.69, 9.17) is 23.1 Å². The SMILES string of the molecule is CCCn1ccc2c(C(=O)N3CCC4(CC3)CN=C(NC(=O)c3nc(Cl)c(N)nc3N)N4)cccc21. The first kappa shape index (κ1) is 23.9. The van der Waals surface area contributed by atoms with Gasteiger partial charge in [0, 0.05) is 42.3 Å². The van der Waals surface area contributed by atoms with Gasteiger partial charge in [0.1, 0.15) is 0 Å². The van der Waals surface area contributed by atoms with Gasteiger partial charge in [-0.1, -0.05) is 24.6 Å². The van der Waals surface area contributed by atoms with E-state index in [-0.39, 0.29) is 33.9 Å². The molecule has 36 heavy (non-hydrogen) atoms. The topological polar surface area (TPSA) is 157 Å². The highest BCUT2D eigenvalue weighted by atomic mass is 35.5. The molecular formula is C24H28ClN9O2. The predicted molar refractivity (Wildman–Crippen MR) is 139 cm³/mol. The largest absolute Gasteiger partial charge is 0.382 e. The van der Waals surface area contributed by atoms with Gasteiger partial charge in [-0.25, -0.2) is 9.97 Å². The number of nitrogens with two attached hydrogens (primary N) is 2. The Bertz CT molecular complexity index is 1380. The van der Waals surface area contributed by atoms with E-state index in [0.717, 1.165) is 29.4 Å². The van der Waals surface area contributed by atoms with Crippen LogP contribution in [0.4, 0.5) is 11.6 Å². The Kier molecular flexibility index (Phi) is 6.17. The Morgan fingerprint density at radius 1 is 1.17 bits per heavy atom. The number of hydrogen-bond donors (Lipinski definition) is 4. The molecule has 0 bridgehead atoms.